The molecule has 1 atom stereocenters. The maximum atomic E-state index is 14.3. The van der Waals surface area contributed by atoms with Gasteiger partial charge in [0.1, 0.15) is 11.6 Å². The Bertz CT molecular complexity index is 1220. The van der Waals surface area contributed by atoms with Gasteiger partial charge < -0.3 is 19.4 Å². The number of morpholine rings is 1. The molecule has 3 aromatic rings. The van der Waals surface area contributed by atoms with E-state index in [2.05, 4.69) is 31.2 Å². The van der Waals surface area contributed by atoms with Crippen LogP contribution < -0.4 is 14.7 Å². The van der Waals surface area contributed by atoms with Gasteiger partial charge in [0.05, 0.1) is 30.0 Å². The molecule has 2 aliphatic heterocycles. The minimum absolute atomic E-state index is 0.0657. The van der Waals surface area contributed by atoms with Crippen molar-refractivity contribution in [1.82, 2.24) is 19.9 Å². The summed E-state index contributed by atoms with van der Waals surface area (Å²) in [6, 6.07) is 6.52. The van der Waals surface area contributed by atoms with E-state index in [1.165, 1.54) is 6.07 Å². The van der Waals surface area contributed by atoms with E-state index >= 15 is 0 Å². The van der Waals surface area contributed by atoms with E-state index in [4.69, 9.17) is 37.9 Å². The highest BCUT2D eigenvalue weighted by atomic mass is 35.5. The van der Waals surface area contributed by atoms with Crippen molar-refractivity contribution in [3.05, 3.63) is 65.3 Å². The predicted molar refractivity (Wildman–Crippen MR) is 136 cm³/mol. The third-order valence-electron chi connectivity index (χ3n) is 6.13. The van der Waals surface area contributed by atoms with Gasteiger partial charge in [-0.1, -0.05) is 35.3 Å². The minimum atomic E-state index is -0.490. The van der Waals surface area contributed by atoms with Crippen molar-refractivity contribution in [2.75, 3.05) is 60.6 Å². The second-order valence-corrected chi connectivity index (χ2v) is 9.02. The van der Waals surface area contributed by atoms with Gasteiger partial charge >= 0.3 is 0 Å². The summed E-state index contributed by atoms with van der Waals surface area (Å²) in [5.74, 6) is 1.48. The average molecular weight is 516 g/mol. The van der Waals surface area contributed by atoms with Gasteiger partial charge in [-0.25, -0.2) is 19.3 Å². The highest BCUT2D eigenvalue weighted by molar-refractivity contribution is 6.31. The molecular weight excluding hydrogens is 492 g/mol. The molecule has 0 unspecified atom stereocenters. The molecule has 0 N–H and O–H groups in total. The van der Waals surface area contributed by atoms with E-state index in [1.807, 2.05) is 12.1 Å². The number of aromatic nitrogens is 4. The van der Waals surface area contributed by atoms with E-state index < -0.39 is 5.82 Å². The second-order valence-electron chi connectivity index (χ2n) is 8.25. The standard InChI is InChI=1S/C24H24Cl2FN7O/c1-2-17-15-33(23-22(26)28-5-6-29-23)7-8-34(17)21-14-20(16-3-4-18(25)19(27)13-16)30-24(31-21)32-9-11-35-12-10-32/h2-6,13-14,17H,1,7-12,15H2/t17-/m0/s1. The van der Waals surface area contributed by atoms with E-state index in [9.17, 15) is 4.39 Å². The van der Waals surface area contributed by atoms with Crippen LogP contribution in [0.2, 0.25) is 10.2 Å². The zero-order chi connectivity index (χ0) is 24.4. The molecule has 1 aromatic carbocycles. The number of hydrogen-bond acceptors (Lipinski definition) is 8. The quantitative estimate of drug-likeness (QED) is 0.470. The number of halogens is 3. The van der Waals surface area contributed by atoms with Crippen molar-refractivity contribution >= 4 is 40.8 Å². The third-order valence-corrected chi connectivity index (χ3v) is 6.70. The normalized spacial score (nSPS) is 18.6. The molecule has 35 heavy (non-hydrogen) atoms. The SMILES string of the molecule is C=C[C@H]1CN(c2nccnc2Cl)CCN1c1cc(-c2ccc(Cl)c(F)c2)nc(N2CCOCC2)n1. The minimum Gasteiger partial charge on any atom is -0.378 e. The van der Waals surface area contributed by atoms with Crippen LogP contribution in [0.5, 0.6) is 0 Å². The Balaban J connectivity index is 1.50. The van der Waals surface area contributed by atoms with Crippen LogP contribution in [0.15, 0.2) is 49.3 Å². The van der Waals surface area contributed by atoms with Crippen molar-refractivity contribution in [3.63, 3.8) is 0 Å². The Morgan fingerprint density at radius 2 is 1.80 bits per heavy atom. The van der Waals surface area contributed by atoms with Crippen LogP contribution in [-0.2, 0) is 4.74 Å². The number of benzene rings is 1. The van der Waals surface area contributed by atoms with Crippen LogP contribution in [-0.4, -0.2) is 71.9 Å². The van der Waals surface area contributed by atoms with Gasteiger partial charge in [-0.2, -0.15) is 4.98 Å². The third kappa shape index (κ3) is 5.03. The average Bonchev–Trinajstić information content (AvgIpc) is 2.90. The van der Waals surface area contributed by atoms with Crippen molar-refractivity contribution in [1.29, 1.82) is 0 Å². The number of rotatable bonds is 5. The molecule has 2 saturated heterocycles. The van der Waals surface area contributed by atoms with Crippen molar-refractivity contribution < 1.29 is 9.13 Å². The summed E-state index contributed by atoms with van der Waals surface area (Å²) in [5.41, 5.74) is 1.25. The number of anilines is 3. The lowest BCUT2D eigenvalue weighted by Gasteiger charge is -2.41. The van der Waals surface area contributed by atoms with Gasteiger partial charge in [0.15, 0.2) is 11.0 Å². The molecule has 8 nitrogen and oxygen atoms in total. The molecule has 0 saturated carbocycles. The van der Waals surface area contributed by atoms with Gasteiger partial charge in [-0.05, 0) is 12.1 Å². The van der Waals surface area contributed by atoms with E-state index in [0.29, 0.717) is 74.1 Å². The van der Waals surface area contributed by atoms with Crippen LogP contribution in [0.4, 0.5) is 22.0 Å². The Hall–Kier alpha value is -3.01. The first kappa shape index (κ1) is 23.7. The highest BCUT2D eigenvalue weighted by Crippen LogP contribution is 2.31. The molecule has 2 aliphatic rings. The molecular formula is C24H24Cl2FN7O. The molecule has 0 amide bonds. The fraction of sp³-hybridized carbons (Fsp3) is 0.333. The molecule has 11 heteroatoms. The predicted octanol–water partition coefficient (Wildman–Crippen LogP) is 4.10. The van der Waals surface area contributed by atoms with Crippen LogP contribution in [0.3, 0.4) is 0 Å². The molecule has 0 bridgehead atoms. The molecule has 0 radical (unpaired) electrons. The number of ether oxygens (including phenoxy) is 1. The summed E-state index contributed by atoms with van der Waals surface area (Å²) in [6.45, 7) is 8.56. The Labute approximate surface area is 213 Å². The maximum absolute atomic E-state index is 14.3. The Morgan fingerprint density at radius 3 is 2.54 bits per heavy atom. The lowest BCUT2D eigenvalue weighted by atomic mass is 10.1. The van der Waals surface area contributed by atoms with Gasteiger partial charge in [-0.15, -0.1) is 6.58 Å². The highest BCUT2D eigenvalue weighted by Gasteiger charge is 2.29. The molecule has 5 rings (SSSR count). The maximum Gasteiger partial charge on any atom is 0.228 e. The van der Waals surface area contributed by atoms with Gasteiger partial charge in [0.25, 0.3) is 0 Å². The van der Waals surface area contributed by atoms with E-state index in [1.54, 1.807) is 24.5 Å². The molecule has 2 aromatic heterocycles. The summed E-state index contributed by atoms with van der Waals surface area (Å²) < 4.78 is 19.8. The van der Waals surface area contributed by atoms with Gasteiger partial charge in [0, 0.05) is 56.7 Å². The van der Waals surface area contributed by atoms with E-state index in [0.717, 1.165) is 5.82 Å². The fourth-order valence-electron chi connectivity index (χ4n) is 4.29. The summed E-state index contributed by atoms with van der Waals surface area (Å²) >= 11 is 12.2. The van der Waals surface area contributed by atoms with Crippen LogP contribution in [0, 0.1) is 5.82 Å². The summed E-state index contributed by atoms with van der Waals surface area (Å²) in [7, 11) is 0. The molecule has 0 spiro atoms. The molecule has 0 aliphatic carbocycles. The van der Waals surface area contributed by atoms with Crippen molar-refractivity contribution in [2.45, 2.75) is 6.04 Å². The van der Waals surface area contributed by atoms with Crippen molar-refractivity contribution in [2.24, 2.45) is 0 Å². The zero-order valence-electron chi connectivity index (χ0n) is 18.9. The first-order valence-corrected chi connectivity index (χ1v) is 12.1. The van der Waals surface area contributed by atoms with Crippen LogP contribution in [0.1, 0.15) is 0 Å². The first-order valence-electron chi connectivity index (χ1n) is 11.3. The molecule has 2 fully saturated rings. The lowest BCUT2D eigenvalue weighted by Crippen LogP contribution is -2.53. The Kier molecular flexibility index (Phi) is 6.99. The Morgan fingerprint density at radius 1 is 1.00 bits per heavy atom. The summed E-state index contributed by atoms with van der Waals surface area (Å²) in [5, 5.41) is 0.439. The largest absolute Gasteiger partial charge is 0.378 e. The summed E-state index contributed by atoms with van der Waals surface area (Å²) in [4.78, 5) is 24.6. The van der Waals surface area contributed by atoms with E-state index in [-0.39, 0.29) is 11.1 Å². The molecule has 182 valence electrons. The number of piperazine rings is 1. The first-order chi connectivity index (χ1) is 17.0. The number of hydrogen-bond donors (Lipinski definition) is 0. The summed E-state index contributed by atoms with van der Waals surface area (Å²) in [6.07, 6.45) is 5.09. The molecule has 4 heterocycles. The monoisotopic (exact) mass is 515 g/mol. The van der Waals surface area contributed by atoms with Crippen LogP contribution >= 0.6 is 23.2 Å². The second kappa shape index (κ2) is 10.3. The smallest absolute Gasteiger partial charge is 0.228 e. The lowest BCUT2D eigenvalue weighted by molar-refractivity contribution is 0.122. The topological polar surface area (TPSA) is 70.5 Å². The van der Waals surface area contributed by atoms with Crippen LogP contribution in [0.25, 0.3) is 11.3 Å². The van der Waals surface area contributed by atoms with Gasteiger partial charge in [0.2, 0.25) is 5.95 Å². The zero-order valence-corrected chi connectivity index (χ0v) is 20.5. The van der Waals surface area contributed by atoms with Gasteiger partial charge in [-0.3, -0.25) is 0 Å². The van der Waals surface area contributed by atoms with Crippen molar-refractivity contribution in [3.8, 4) is 11.3 Å². The number of nitrogens with zero attached hydrogens (tertiary/aromatic N) is 7. The fourth-order valence-corrected chi connectivity index (χ4v) is 4.63.